The standard InChI is InChI=1S/C15H14N2O2/c1-2-6-13(7-3-1)19-14-8-4-5-12(11-14)17-15-16-9-10-18-15/h1-8,11H,9-10H2,(H,16,17). The number of nitrogens with zero attached hydrogens (tertiary/aromatic N) is 1. The van der Waals surface area contributed by atoms with E-state index in [0.29, 0.717) is 19.2 Å². The molecule has 0 aromatic heterocycles. The van der Waals surface area contributed by atoms with E-state index in [4.69, 9.17) is 9.47 Å². The van der Waals surface area contributed by atoms with E-state index in [1.165, 1.54) is 0 Å². The first kappa shape index (κ1) is 11.6. The van der Waals surface area contributed by atoms with E-state index in [9.17, 15) is 0 Å². The van der Waals surface area contributed by atoms with Gasteiger partial charge in [-0.15, -0.1) is 0 Å². The summed E-state index contributed by atoms with van der Waals surface area (Å²) in [4.78, 5) is 4.19. The van der Waals surface area contributed by atoms with Crippen LogP contribution in [0.25, 0.3) is 0 Å². The zero-order valence-electron chi connectivity index (χ0n) is 10.4. The third kappa shape index (κ3) is 3.04. The molecule has 0 saturated carbocycles. The average Bonchev–Trinajstić information content (AvgIpc) is 2.93. The summed E-state index contributed by atoms with van der Waals surface area (Å²) < 4.78 is 11.1. The van der Waals surface area contributed by atoms with Crippen molar-refractivity contribution in [3.63, 3.8) is 0 Å². The van der Waals surface area contributed by atoms with Gasteiger partial charge in [-0.25, -0.2) is 4.99 Å². The highest BCUT2D eigenvalue weighted by atomic mass is 16.5. The van der Waals surface area contributed by atoms with Gasteiger partial charge in [0.05, 0.1) is 6.54 Å². The van der Waals surface area contributed by atoms with Gasteiger partial charge in [-0.2, -0.15) is 0 Å². The molecule has 4 nitrogen and oxygen atoms in total. The normalized spacial score (nSPS) is 13.6. The van der Waals surface area contributed by atoms with Crippen molar-refractivity contribution in [2.75, 3.05) is 18.5 Å². The lowest BCUT2D eigenvalue weighted by atomic mass is 10.3. The van der Waals surface area contributed by atoms with Crippen molar-refractivity contribution < 1.29 is 9.47 Å². The molecule has 1 N–H and O–H groups in total. The Balaban J connectivity index is 1.72. The number of amidine groups is 1. The molecule has 96 valence electrons. The Hall–Kier alpha value is -2.49. The van der Waals surface area contributed by atoms with Gasteiger partial charge in [0.15, 0.2) is 0 Å². The maximum atomic E-state index is 5.76. The van der Waals surface area contributed by atoms with Crippen LogP contribution in [0, 0.1) is 0 Å². The number of anilines is 1. The summed E-state index contributed by atoms with van der Waals surface area (Å²) in [5, 5.41) is 3.11. The second-order valence-electron chi connectivity index (χ2n) is 4.10. The van der Waals surface area contributed by atoms with Gasteiger partial charge >= 0.3 is 0 Å². The van der Waals surface area contributed by atoms with E-state index >= 15 is 0 Å². The fourth-order valence-corrected chi connectivity index (χ4v) is 1.80. The van der Waals surface area contributed by atoms with Crippen LogP contribution in [0.1, 0.15) is 0 Å². The van der Waals surface area contributed by atoms with Crippen molar-refractivity contribution in [2.24, 2.45) is 4.99 Å². The molecule has 2 aromatic carbocycles. The lowest BCUT2D eigenvalue weighted by Crippen LogP contribution is -2.11. The predicted molar refractivity (Wildman–Crippen MR) is 74.8 cm³/mol. The minimum Gasteiger partial charge on any atom is -0.463 e. The highest BCUT2D eigenvalue weighted by Gasteiger charge is 2.07. The number of hydrogen-bond donors (Lipinski definition) is 1. The first-order valence-corrected chi connectivity index (χ1v) is 6.17. The van der Waals surface area contributed by atoms with E-state index in [-0.39, 0.29) is 0 Å². The highest BCUT2D eigenvalue weighted by molar-refractivity contribution is 5.89. The van der Waals surface area contributed by atoms with Crippen LogP contribution in [-0.2, 0) is 4.74 Å². The smallest absolute Gasteiger partial charge is 0.289 e. The van der Waals surface area contributed by atoms with Crippen LogP contribution < -0.4 is 10.1 Å². The van der Waals surface area contributed by atoms with Crippen molar-refractivity contribution in [2.45, 2.75) is 0 Å². The van der Waals surface area contributed by atoms with E-state index in [1.807, 2.05) is 54.6 Å². The molecule has 1 aliphatic rings. The maximum absolute atomic E-state index is 5.76. The topological polar surface area (TPSA) is 42.8 Å². The Labute approximate surface area is 111 Å². The maximum Gasteiger partial charge on any atom is 0.289 e. The largest absolute Gasteiger partial charge is 0.463 e. The van der Waals surface area contributed by atoms with Crippen molar-refractivity contribution in [3.8, 4) is 11.5 Å². The van der Waals surface area contributed by atoms with Crippen LogP contribution in [-0.4, -0.2) is 19.2 Å². The summed E-state index contributed by atoms with van der Waals surface area (Å²) in [6, 6.07) is 18.0. The minimum atomic E-state index is 0.567. The molecule has 0 spiro atoms. The van der Waals surface area contributed by atoms with E-state index in [2.05, 4.69) is 10.3 Å². The summed E-state index contributed by atoms with van der Waals surface area (Å²) in [6.07, 6.45) is 0. The molecule has 0 bridgehead atoms. The molecule has 0 fully saturated rings. The summed E-state index contributed by atoms with van der Waals surface area (Å²) in [5.41, 5.74) is 0.897. The highest BCUT2D eigenvalue weighted by Crippen LogP contribution is 2.23. The summed E-state index contributed by atoms with van der Waals surface area (Å²) in [7, 11) is 0. The van der Waals surface area contributed by atoms with Crippen LogP contribution >= 0.6 is 0 Å². The lowest BCUT2D eigenvalue weighted by molar-refractivity contribution is 0.346. The fraction of sp³-hybridized carbons (Fsp3) is 0.133. The molecular weight excluding hydrogens is 240 g/mol. The third-order valence-corrected chi connectivity index (χ3v) is 2.65. The molecule has 0 saturated heterocycles. The molecular formula is C15H14N2O2. The molecule has 3 rings (SSSR count). The Kier molecular flexibility index (Phi) is 3.32. The molecule has 2 aromatic rings. The van der Waals surface area contributed by atoms with Crippen LogP contribution in [0.2, 0.25) is 0 Å². The second-order valence-corrected chi connectivity index (χ2v) is 4.10. The fourth-order valence-electron chi connectivity index (χ4n) is 1.80. The van der Waals surface area contributed by atoms with E-state index in [1.54, 1.807) is 0 Å². The van der Waals surface area contributed by atoms with Crippen molar-refractivity contribution in [1.82, 2.24) is 0 Å². The monoisotopic (exact) mass is 254 g/mol. The van der Waals surface area contributed by atoms with Crippen molar-refractivity contribution in [3.05, 3.63) is 54.6 Å². The van der Waals surface area contributed by atoms with E-state index < -0.39 is 0 Å². The van der Waals surface area contributed by atoms with Crippen LogP contribution in [0.15, 0.2) is 59.6 Å². The van der Waals surface area contributed by atoms with E-state index in [0.717, 1.165) is 17.2 Å². The minimum absolute atomic E-state index is 0.567. The molecule has 0 amide bonds. The number of aliphatic imine (C=N–C) groups is 1. The molecule has 1 aliphatic heterocycles. The van der Waals surface area contributed by atoms with Gasteiger partial charge in [-0.1, -0.05) is 24.3 Å². The third-order valence-electron chi connectivity index (χ3n) is 2.65. The average molecular weight is 254 g/mol. The summed E-state index contributed by atoms with van der Waals surface area (Å²) >= 11 is 0. The Morgan fingerprint density at radius 3 is 2.63 bits per heavy atom. The predicted octanol–water partition coefficient (Wildman–Crippen LogP) is 3.28. The van der Waals surface area contributed by atoms with Crippen molar-refractivity contribution >= 4 is 11.7 Å². The van der Waals surface area contributed by atoms with Crippen LogP contribution in [0.3, 0.4) is 0 Å². The second kappa shape index (κ2) is 5.44. The van der Waals surface area contributed by atoms with Gasteiger partial charge < -0.3 is 14.8 Å². The van der Waals surface area contributed by atoms with Gasteiger partial charge in [0, 0.05) is 11.8 Å². The zero-order chi connectivity index (χ0) is 12.9. The molecule has 4 heteroatoms. The van der Waals surface area contributed by atoms with Crippen LogP contribution in [0.5, 0.6) is 11.5 Å². The molecule has 0 unspecified atom stereocenters. The van der Waals surface area contributed by atoms with Crippen LogP contribution in [0.4, 0.5) is 5.69 Å². The first-order valence-electron chi connectivity index (χ1n) is 6.17. The molecule has 19 heavy (non-hydrogen) atoms. The number of ether oxygens (including phenoxy) is 2. The van der Waals surface area contributed by atoms with Gasteiger partial charge in [-0.3, -0.25) is 0 Å². The van der Waals surface area contributed by atoms with Gasteiger partial charge in [0.1, 0.15) is 18.1 Å². The molecule has 1 heterocycles. The first-order chi connectivity index (χ1) is 9.40. The quantitative estimate of drug-likeness (QED) is 0.914. The zero-order valence-corrected chi connectivity index (χ0v) is 10.4. The number of hydrogen-bond acceptors (Lipinski definition) is 4. The summed E-state index contributed by atoms with van der Waals surface area (Å²) in [5.74, 6) is 1.59. The Bertz CT molecular complexity index is 582. The summed E-state index contributed by atoms with van der Waals surface area (Å²) in [6.45, 7) is 1.35. The SMILES string of the molecule is c1ccc(Oc2cccc(NC3=NCCO3)c2)cc1. The van der Waals surface area contributed by atoms with Gasteiger partial charge in [0.2, 0.25) is 0 Å². The number of nitrogens with one attached hydrogen (secondary N) is 1. The molecule has 0 aliphatic carbocycles. The Morgan fingerprint density at radius 1 is 1.00 bits per heavy atom. The molecule has 0 atom stereocenters. The lowest BCUT2D eigenvalue weighted by Gasteiger charge is -2.09. The Morgan fingerprint density at radius 2 is 1.84 bits per heavy atom. The van der Waals surface area contributed by atoms with Crippen molar-refractivity contribution in [1.29, 1.82) is 0 Å². The number of para-hydroxylation sites is 1. The number of rotatable bonds is 3. The van der Waals surface area contributed by atoms with Gasteiger partial charge in [0.25, 0.3) is 6.02 Å². The van der Waals surface area contributed by atoms with Gasteiger partial charge in [-0.05, 0) is 24.3 Å². The molecule has 0 radical (unpaired) electrons. The number of benzene rings is 2.